The molecule has 0 saturated carbocycles. The number of nitrogens with one attached hydrogen (secondary N) is 1. The van der Waals surface area contributed by atoms with Crippen LogP contribution in [0.1, 0.15) is 25.3 Å². The van der Waals surface area contributed by atoms with E-state index in [9.17, 15) is 13.6 Å². The number of benzene rings is 1. The van der Waals surface area contributed by atoms with Crippen LogP contribution in [0, 0.1) is 11.6 Å². The quantitative estimate of drug-likeness (QED) is 0.844. The van der Waals surface area contributed by atoms with Crippen molar-refractivity contribution in [2.24, 2.45) is 5.73 Å². The normalized spacial score (nSPS) is 11.6. The van der Waals surface area contributed by atoms with E-state index in [2.05, 4.69) is 5.32 Å². The highest BCUT2D eigenvalue weighted by Crippen LogP contribution is 2.11. The van der Waals surface area contributed by atoms with Gasteiger partial charge in [0.1, 0.15) is 11.6 Å². The Hall–Kier alpha value is -1.20. The van der Waals surface area contributed by atoms with E-state index < -0.39 is 17.7 Å². The summed E-state index contributed by atoms with van der Waals surface area (Å²) in [6.07, 6.45) is 1.53. The van der Waals surface area contributed by atoms with Gasteiger partial charge in [0.2, 0.25) is 5.91 Å². The van der Waals surface area contributed by atoms with E-state index in [0.29, 0.717) is 6.42 Å². The second-order valence-corrected chi connectivity index (χ2v) is 4.14. The lowest BCUT2D eigenvalue weighted by Crippen LogP contribution is -2.41. The summed E-state index contributed by atoms with van der Waals surface area (Å²) in [6.45, 7) is 2.11. The van der Waals surface area contributed by atoms with Gasteiger partial charge >= 0.3 is 0 Å². The number of hydrogen-bond donors (Lipinski definition) is 2. The number of carbonyl (C=O) groups excluding carboxylic acids is 1. The molecule has 0 aromatic heterocycles. The first kappa shape index (κ1) is 17.8. The minimum Gasteiger partial charge on any atom is -0.354 e. The van der Waals surface area contributed by atoms with Crippen molar-refractivity contribution >= 4 is 18.3 Å². The van der Waals surface area contributed by atoms with Crippen LogP contribution < -0.4 is 11.1 Å². The molecule has 3 nitrogen and oxygen atoms in total. The Kier molecular flexibility index (Phi) is 8.27. The van der Waals surface area contributed by atoms with Gasteiger partial charge in [-0.15, -0.1) is 12.4 Å². The summed E-state index contributed by atoms with van der Waals surface area (Å²) >= 11 is 0. The maximum Gasteiger partial charge on any atom is 0.236 e. The summed E-state index contributed by atoms with van der Waals surface area (Å²) in [7, 11) is 0. The SMILES string of the molecule is CCCC(N)C(=O)NCCc1c(F)cccc1F.Cl. The summed E-state index contributed by atoms with van der Waals surface area (Å²) in [5.41, 5.74) is 5.59. The highest BCUT2D eigenvalue weighted by Gasteiger charge is 2.12. The van der Waals surface area contributed by atoms with Gasteiger partial charge in [-0.25, -0.2) is 8.78 Å². The Balaban J connectivity index is 0.00000324. The Morgan fingerprint density at radius 1 is 1.37 bits per heavy atom. The monoisotopic (exact) mass is 292 g/mol. The largest absolute Gasteiger partial charge is 0.354 e. The Labute approximate surface area is 118 Å². The lowest BCUT2D eigenvalue weighted by Gasteiger charge is -2.11. The predicted molar refractivity (Wildman–Crippen MR) is 73.2 cm³/mol. The number of hydrogen-bond acceptors (Lipinski definition) is 2. The van der Waals surface area contributed by atoms with Crippen LogP contribution in [0.15, 0.2) is 18.2 Å². The van der Waals surface area contributed by atoms with Crippen molar-refractivity contribution in [1.82, 2.24) is 5.32 Å². The van der Waals surface area contributed by atoms with Crippen molar-refractivity contribution in [2.45, 2.75) is 32.2 Å². The van der Waals surface area contributed by atoms with Gasteiger partial charge < -0.3 is 11.1 Å². The smallest absolute Gasteiger partial charge is 0.236 e. The maximum absolute atomic E-state index is 13.3. The molecular weight excluding hydrogens is 274 g/mol. The van der Waals surface area contributed by atoms with E-state index in [4.69, 9.17) is 5.73 Å². The average Bonchev–Trinajstić information content (AvgIpc) is 2.33. The second-order valence-electron chi connectivity index (χ2n) is 4.14. The van der Waals surface area contributed by atoms with Gasteiger partial charge in [-0.3, -0.25) is 4.79 Å². The van der Waals surface area contributed by atoms with Gasteiger partial charge in [-0.1, -0.05) is 19.4 Å². The fourth-order valence-electron chi connectivity index (χ4n) is 1.66. The van der Waals surface area contributed by atoms with Crippen molar-refractivity contribution in [2.75, 3.05) is 6.54 Å². The molecule has 0 fully saturated rings. The Bertz CT molecular complexity index is 395. The molecule has 0 aliphatic heterocycles. The number of rotatable bonds is 6. The Morgan fingerprint density at radius 3 is 2.47 bits per heavy atom. The molecule has 108 valence electrons. The van der Waals surface area contributed by atoms with Crippen molar-refractivity contribution in [3.63, 3.8) is 0 Å². The van der Waals surface area contributed by atoms with Crippen LogP contribution in [0.3, 0.4) is 0 Å². The van der Waals surface area contributed by atoms with Gasteiger partial charge in [0, 0.05) is 12.1 Å². The summed E-state index contributed by atoms with van der Waals surface area (Å²) in [4.78, 5) is 11.5. The van der Waals surface area contributed by atoms with Crippen molar-refractivity contribution in [1.29, 1.82) is 0 Å². The van der Waals surface area contributed by atoms with E-state index in [0.717, 1.165) is 6.42 Å². The fraction of sp³-hybridized carbons (Fsp3) is 0.462. The number of carbonyl (C=O) groups is 1. The van der Waals surface area contributed by atoms with Crippen LogP contribution >= 0.6 is 12.4 Å². The molecule has 1 amide bonds. The molecule has 1 rings (SSSR count). The topological polar surface area (TPSA) is 55.1 Å². The third-order valence-electron chi connectivity index (χ3n) is 2.67. The standard InChI is InChI=1S/C13H18F2N2O.ClH/c1-2-4-12(16)13(18)17-8-7-9-10(14)5-3-6-11(9)15;/h3,5-6,12H,2,4,7-8,16H2,1H3,(H,17,18);1H. The van der Waals surface area contributed by atoms with Gasteiger partial charge in [0.15, 0.2) is 0 Å². The molecule has 1 unspecified atom stereocenters. The van der Waals surface area contributed by atoms with Crippen molar-refractivity contribution in [3.8, 4) is 0 Å². The molecule has 19 heavy (non-hydrogen) atoms. The van der Waals surface area contributed by atoms with Crippen LogP contribution in [-0.4, -0.2) is 18.5 Å². The predicted octanol–water partition coefficient (Wildman–Crippen LogP) is 2.17. The lowest BCUT2D eigenvalue weighted by molar-refractivity contribution is -0.122. The van der Waals surface area contributed by atoms with Crippen LogP contribution in [0.5, 0.6) is 0 Å². The minimum absolute atomic E-state index is 0. The first-order valence-corrected chi connectivity index (χ1v) is 6.02. The zero-order valence-corrected chi connectivity index (χ0v) is 11.6. The van der Waals surface area contributed by atoms with Crippen LogP contribution in [0.4, 0.5) is 8.78 Å². The van der Waals surface area contributed by atoms with E-state index in [1.165, 1.54) is 18.2 Å². The summed E-state index contributed by atoms with van der Waals surface area (Å²) in [5.74, 6) is -1.47. The molecule has 1 aromatic carbocycles. The third-order valence-corrected chi connectivity index (χ3v) is 2.67. The third kappa shape index (κ3) is 5.53. The highest BCUT2D eigenvalue weighted by molar-refractivity contribution is 5.85. The zero-order chi connectivity index (χ0) is 13.5. The van der Waals surface area contributed by atoms with Crippen molar-refractivity contribution < 1.29 is 13.6 Å². The first-order chi connectivity index (χ1) is 8.56. The molecule has 0 heterocycles. The van der Waals surface area contributed by atoms with Gasteiger partial charge in [0.25, 0.3) is 0 Å². The molecule has 1 aromatic rings. The van der Waals surface area contributed by atoms with E-state index in [1.54, 1.807) is 0 Å². The summed E-state index contributed by atoms with van der Waals surface area (Å²) in [6, 6.07) is 3.15. The van der Waals surface area contributed by atoms with Gasteiger partial charge in [-0.05, 0) is 25.0 Å². The number of amides is 1. The number of halogens is 3. The van der Waals surface area contributed by atoms with E-state index in [1.807, 2.05) is 6.92 Å². The van der Waals surface area contributed by atoms with Crippen LogP contribution in [0.25, 0.3) is 0 Å². The minimum atomic E-state index is -0.595. The molecule has 0 aliphatic rings. The number of nitrogens with two attached hydrogens (primary N) is 1. The van der Waals surface area contributed by atoms with Gasteiger partial charge in [0.05, 0.1) is 6.04 Å². The molecule has 0 aliphatic carbocycles. The Morgan fingerprint density at radius 2 is 1.95 bits per heavy atom. The molecule has 0 spiro atoms. The molecule has 3 N–H and O–H groups in total. The molecule has 0 bridgehead atoms. The summed E-state index contributed by atoms with van der Waals surface area (Å²) in [5, 5.41) is 2.57. The lowest BCUT2D eigenvalue weighted by atomic mass is 10.1. The average molecular weight is 293 g/mol. The molecule has 0 radical (unpaired) electrons. The molecule has 0 saturated heterocycles. The van der Waals surface area contributed by atoms with Crippen LogP contribution in [0.2, 0.25) is 0 Å². The summed E-state index contributed by atoms with van der Waals surface area (Å²) < 4.78 is 26.6. The van der Waals surface area contributed by atoms with Crippen LogP contribution in [-0.2, 0) is 11.2 Å². The van der Waals surface area contributed by atoms with E-state index in [-0.39, 0.29) is 36.8 Å². The zero-order valence-electron chi connectivity index (χ0n) is 10.8. The molecule has 1 atom stereocenters. The van der Waals surface area contributed by atoms with Gasteiger partial charge in [-0.2, -0.15) is 0 Å². The van der Waals surface area contributed by atoms with Crippen molar-refractivity contribution in [3.05, 3.63) is 35.4 Å². The highest BCUT2D eigenvalue weighted by atomic mass is 35.5. The molecular formula is C13H19ClF2N2O. The fourth-order valence-corrected chi connectivity index (χ4v) is 1.66. The van der Waals surface area contributed by atoms with E-state index >= 15 is 0 Å². The maximum atomic E-state index is 13.3. The molecule has 6 heteroatoms. The second kappa shape index (κ2) is 8.82. The first-order valence-electron chi connectivity index (χ1n) is 6.02.